The van der Waals surface area contributed by atoms with Crippen molar-refractivity contribution < 1.29 is 4.39 Å². The molecular formula is C12H15FN4. The minimum absolute atomic E-state index is 0.327. The quantitative estimate of drug-likeness (QED) is 0.864. The van der Waals surface area contributed by atoms with Crippen LogP contribution in [0.15, 0.2) is 30.7 Å². The fraction of sp³-hybridized carbons (Fsp3) is 0.333. The number of rotatable bonds is 5. The molecule has 0 aliphatic heterocycles. The van der Waals surface area contributed by atoms with Gasteiger partial charge in [-0.3, -0.25) is 4.68 Å². The Morgan fingerprint density at radius 2 is 2.24 bits per heavy atom. The van der Waals surface area contributed by atoms with Crippen molar-refractivity contribution in [2.24, 2.45) is 0 Å². The Morgan fingerprint density at radius 3 is 2.94 bits per heavy atom. The van der Waals surface area contributed by atoms with Crippen LogP contribution in [0.4, 0.5) is 10.2 Å². The predicted molar refractivity (Wildman–Crippen MR) is 64.0 cm³/mol. The molecule has 0 aromatic carbocycles. The van der Waals surface area contributed by atoms with Crippen LogP contribution in [-0.4, -0.2) is 14.8 Å². The van der Waals surface area contributed by atoms with E-state index >= 15 is 0 Å². The Kier molecular flexibility index (Phi) is 3.69. The van der Waals surface area contributed by atoms with E-state index in [0.29, 0.717) is 12.4 Å². The summed E-state index contributed by atoms with van der Waals surface area (Å²) in [7, 11) is 0. The third-order valence-electron chi connectivity index (χ3n) is 2.34. The Labute approximate surface area is 99.5 Å². The first-order valence-corrected chi connectivity index (χ1v) is 5.64. The van der Waals surface area contributed by atoms with Crippen LogP contribution in [0.25, 0.3) is 0 Å². The lowest BCUT2D eigenvalue weighted by molar-refractivity contribution is 0.602. The van der Waals surface area contributed by atoms with Crippen molar-refractivity contribution in [2.45, 2.75) is 26.4 Å². The molecule has 0 bridgehead atoms. The van der Waals surface area contributed by atoms with Crippen LogP contribution < -0.4 is 5.32 Å². The van der Waals surface area contributed by atoms with Crippen LogP contribution >= 0.6 is 0 Å². The van der Waals surface area contributed by atoms with E-state index in [2.05, 4.69) is 22.3 Å². The number of halogens is 1. The van der Waals surface area contributed by atoms with Crippen LogP contribution in [0.1, 0.15) is 18.9 Å². The maximum absolute atomic E-state index is 12.6. The summed E-state index contributed by atoms with van der Waals surface area (Å²) < 4.78 is 14.5. The average molecular weight is 234 g/mol. The standard InChI is InChI=1S/C12H15FN4/c1-2-5-17-9-10(7-16-17)6-14-12-4-3-11(13)8-15-12/h3-4,7-9H,2,5-6H2,1H3,(H,14,15). The Bertz CT molecular complexity index is 464. The van der Waals surface area contributed by atoms with Crippen molar-refractivity contribution in [2.75, 3.05) is 5.32 Å². The first-order chi connectivity index (χ1) is 8.28. The molecule has 0 aliphatic carbocycles. The highest BCUT2D eigenvalue weighted by molar-refractivity contribution is 5.34. The van der Waals surface area contributed by atoms with Crippen LogP contribution in [0.3, 0.4) is 0 Å². The van der Waals surface area contributed by atoms with Gasteiger partial charge in [0, 0.05) is 24.8 Å². The van der Waals surface area contributed by atoms with E-state index in [-0.39, 0.29) is 5.82 Å². The molecule has 2 aromatic heterocycles. The summed E-state index contributed by atoms with van der Waals surface area (Å²) in [6.45, 7) is 3.68. The van der Waals surface area contributed by atoms with Crippen LogP contribution in [-0.2, 0) is 13.1 Å². The van der Waals surface area contributed by atoms with Gasteiger partial charge in [0.05, 0.1) is 12.4 Å². The number of anilines is 1. The largest absolute Gasteiger partial charge is 0.366 e. The van der Waals surface area contributed by atoms with Gasteiger partial charge in [-0.25, -0.2) is 9.37 Å². The van der Waals surface area contributed by atoms with Gasteiger partial charge in [0.15, 0.2) is 0 Å². The Morgan fingerprint density at radius 1 is 1.35 bits per heavy atom. The second kappa shape index (κ2) is 5.43. The highest BCUT2D eigenvalue weighted by Crippen LogP contribution is 2.06. The molecule has 5 heteroatoms. The molecule has 0 unspecified atom stereocenters. The van der Waals surface area contributed by atoms with Gasteiger partial charge < -0.3 is 5.32 Å². The minimum Gasteiger partial charge on any atom is -0.366 e. The van der Waals surface area contributed by atoms with E-state index < -0.39 is 0 Å². The molecule has 0 saturated heterocycles. The van der Waals surface area contributed by atoms with Gasteiger partial charge in [-0.1, -0.05) is 6.92 Å². The number of aromatic nitrogens is 3. The number of aryl methyl sites for hydroxylation is 1. The summed E-state index contributed by atoms with van der Waals surface area (Å²) in [5.74, 6) is 0.334. The maximum Gasteiger partial charge on any atom is 0.141 e. The van der Waals surface area contributed by atoms with Gasteiger partial charge in [0.25, 0.3) is 0 Å². The van der Waals surface area contributed by atoms with Crippen molar-refractivity contribution in [3.05, 3.63) is 42.1 Å². The molecule has 0 aliphatic rings. The lowest BCUT2D eigenvalue weighted by Gasteiger charge is -2.02. The normalized spacial score (nSPS) is 10.5. The molecule has 0 atom stereocenters. The number of nitrogens with zero attached hydrogens (tertiary/aromatic N) is 3. The van der Waals surface area contributed by atoms with Gasteiger partial charge in [0.1, 0.15) is 11.6 Å². The van der Waals surface area contributed by atoms with Crippen molar-refractivity contribution in [3.8, 4) is 0 Å². The smallest absolute Gasteiger partial charge is 0.141 e. The van der Waals surface area contributed by atoms with E-state index in [1.54, 1.807) is 6.07 Å². The summed E-state index contributed by atoms with van der Waals surface area (Å²) in [5, 5.41) is 7.34. The topological polar surface area (TPSA) is 42.7 Å². The Hall–Kier alpha value is -1.91. The van der Waals surface area contributed by atoms with Crippen LogP contribution in [0.5, 0.6) is 0 Å². The molecule has 0 saturated carbocycles. The van der Waals surface area contributed by atoms with Crippen molar-refractivity contribution in [1.29, 1.82) is 0 Å². The average Bonchev–Trinajstić information content (AvgIpc) is 2.77. The zero-order chi connectivity index (χ0) is 12.1. The van der Waals surface area contributed by atoms with Gasteiger partial charge >= 0.3 is 0 Å². The predicted octanol–water partition coefficient (Wildman–Crippen LogP) is 2.44. The number of nitrogens with one attached hydrogen (secondary N) is 1. The van der Waals surface area contributed by atoms with Crippen LogP contribution in [0, 0.1) is 5.82 Å². The number of pyridine rings is 1. The molecule has 2 aromatic rings. The van der Waals surface area contributed by atoms with Crippen molar-refractivity contribution in [1.82, 2.24) is 14.8 Å². The summed E-state index contributed by atoms with van der Waals surface area (Å²) in [6.07, 6.45) is 6.09. The van der Waals surface area contributed by atoms with E-state index in [0.717, 1.165) is 18.5 Å². The molecule has 0 fully saturated rings. The number of hydrogen-bond acceptors (Lipinski definition) is 3. The summed E-state index contributed by atoms with van der Waals surface area (Å²) >= 11 is 0. The first kappa shape index (κ1) is 11.6. The zero-order valence-corrected chi connectivity index (χ0v) is 9.73. The van der Waals surface area contributed by atoms with E-state index in [1.165, 1.54) is 12.3 Å². The van der Waals surface area contributed by atoms with E-state index in [9.17, 15) is 4.39 Å². The second-order valence-electron chi connectivity index (χ2n) is 3.83. The monoisotopic (exact) mass is 234 g/mol. The van der Waals surface area contributed by atoms with Gasteiger partial charge in [-0.2, -0.15) is 5.10 Å². The summed E-state index contributed by atoms with van der Waals surface area (Å²) in [5.41, 5.74) is 1.09. The lowest BCUT2D eigenvalue weighted by Crippen LogP contribution is -2.00. The van der Waals surface area contributed by atoms with E-state index in [4.69, 9.17) is 0 Å². The minimum atomic E-state index is -0.327. The molecule has 0 spiro atoms. The zero-order valence-electron chi connectivity index (χ0n) is 9.73. The molecule has 90 valence electrons. The third-order valence-corrected chi connectivity index (χ3v) is 2.34. The highest BCUT2D eigenvalue weighted by atomic mass is 19.1. The fourth-order valence-electron chi connectivity index (χ4n) is 1.52. The van der Waals surface area contributed by atoms with Gasteiger partial charge in [-0.05, 0) is 18.6 Å². The fourth-order valence-corrected chi connectivity index (χ4v) is 1.52. The summed E-state index contributed by atoms with van der Waals surface area (Å²) in [4.78, 5) is 3.92. The van der Waals surface area contributed by atoms with Crippen molar-refractivity contribution >= 4 is 5.82 Å². The van der Waals surface area contributed by atoms with Crippen LogP contribution in [0.2, 0.25) is 0 Å². The molecule has 2 heterocycles. The molecule has 17 heavy (non-hydrogen) atoms. The number of hydrogen-bond donors (Lipinski definition) is 1. The molecule has 0 radical (unpaired) electrons. The summed E-state index contributed by atoms with van der Waals surface area (Å²) in [6, 6.07) is 3.00. The highest BCUT2D eigenvalue weighted by Gasteiger charge is 1.99. The lowest BCUT2D eigenvalue weighted by atomic mass is 10.3. The molecular weight excluding hydrogens is 219 g/mol. The van der Waals surface area contributed by atoms with E-state index in [1.807, 2.05) is 17.1 Å². The molecule has 2 rings (SSSR count). The first-order valence-electron chi connectivity index (χ1n) is 5.64. The third kappa shape index (κ3) is 3.27. The molecule has 4 nitrogen and oxygen atoms in total. The molecule has 1 N–H and O–H groups in total. The maximum atomic E-state index is 12.6. The van der Waals surface area contributed by atoms with Gasteiger partial charge in [0.2, 0.25) is 0 Å². The SMILES string of the molecule is CCCn1cc(CNc2ccc(F)cn2)cn1. The second-order valence-corrected chi connectivity index (χ2v) is 3.83. The molecule has 0 amide bonds. The van der Waals surface area contributed by atoms with Gasteiger partial charge in [-0.15, -0.1) is 0 Å². The Balaban J connectivity index is 1.90. The van der Waals surface area contributed by atoms with Crippen molar-refractivity contribution in [3.63, 3.8) is 0 Å².